The van der Waals surface area contributed by atoms with Crippen molar-refractivity contribution < 1.29 is 0 Å². The third-order valence-electron chi connectivity index (χ3n) is 2.79. The molecule has 0 atom stereocenters. The Hall–Kier alpha value is -0.0400. The summed E-state index contributed by atoms with van der Waals surface area (Å²) >= 11 is 0. The molecule has 0 aromatic heterocycles. The number of hydrogen-bond acceptors (Lipinski definition) is 1. The van der Waals surface area contributed by atoms with Crippen molar-refractivity contribution in [2.24, 2.45) is 5.92 Å². The zero-order valence-corrected chi connectivity index (χ0v) is 8.15. The monoisotopic (exact) mass is 168 g/mol. The van der Waals surface area contributed by atoms with Crippen LogP contribution in [0.1, 0.15) is 44.9 Å². The van der Waals surface area contributed by atoms with E-state index in [1.54, 1.807) is 0 Å². The fourth-order valence-corrected chi connectivity index (χ4v) is 2.06. The number of hydrogen-bond donors (Lipinski definition) is 1. The molecule has 0 heterocycles. The molecule has 0 bridgehead atoms. The maximum Gasteiger partial charge on any atom is -0.00488 e. The molecule has 1 saturated carbocycles. The van der Waals surface area contributed by atoms with Crippen LogP contribution >= 0.6 is 0 Å². The van der Waals surface area contributed by atoms with Crippen LogP contribution in [0.4, 0.5) is 0 Å². The molecule has 1 nitrogen and oxygen atoms in total. The summed E-state index contributed by atoms with van der Waals surface area (Å²) in [6.07, 6.45) is 9.79. The lowest BCUT2D eigenvalue weighted by molar-refractivity contribution is 0.471. The van der Waals surface area contributed by atoms with Gasteiger partial charge in [-0.2, -0.15) is 0 Å². The highest BCUT2D eigenvalue weighted by atomic mass is 14.8. The molecule has 0 aromatic rings. The van der Waals surface area contributed by atoms with E-state index in [-0.39, 0.29) is 0 Å². The zero-order valence-electron chi connectivity index (χ0n) is 8.15. The van der Waals surface area contributed by atoms with Gasteiger partial charge >= 0.3 is 0 Å². The molecule has 1 N–H and O–H groups in total. The molecule has 1 aliphatic rings. The summed E-state index contributed by atoms with van der Waals surface area (Å²) in [7, 11) is 0. The van der Waals surface area contributed by atoms with E-state index in [9.17, 15) is 0 Å². The first kappa shape index (κ1) is 10.0. The minimum Gasteiger partial charge on any atom is -0.317 e. The van der Waals surface area contributed by atoms with Crippen LogP contribution in [0.2, 0.25) is 0 Å². The Morgan fingerprint density at radius 3 is 2.58 bits per heavy atom. The van der Waals surface area contributed by atoms with E-state index in [0.29, 0.717) is 0 Å². The third-order valence-corrected chi connectivity index (χ3v) is 2.79. The Balaban J connectivity index is 1.81. The Bertz CT molecular complexity index is 95.2. The van der Waals surface area contributed by atoms with E-state index in [0.717, 1.165) is 18.9 Å². The zero-order chi connectivity index (χ0) is 8.65. The van der Waals surface area contributed by atoms with E-state index in [1.165, 1.54) is 45.1 Å². The molecule has 0 unspecified atom stereocenters. The fourth-order valence-electron chi connectivity index (χ4n) is 2.06. The Labute approximate surface area is 76.9 Å². The van der Waals surface area contributed by atoms with Gasteiger partial charge in [-0.25, -0.2) is 0 Å². The van der Waals surface area contributed by atoms with Crippen LogP contribution in [0.5, 0.6) is 0 Å². The maximum atomic E-state index is 3.80. The number of rotatable bonds is 6. The Morgan fingerprint density at radius 1 is 1.17 bits per heavy atom. The first-order valence-electron chi connectivity index (χ1n) is 5.43. The molecule has 1 aliphatic carbocycles. The van der Waals surface area contributed by atoms with Crippen LogP contribution in [0.15, 0.2) is 0 Å². The highest BCUT2D eigenvalue weighted by Crippen LogP contribution is 2.28. The molecule has 0 spiro atoms. The average Bonchev–Trinajstić information content (AvgIpc) is 2.57. The second-order valence-corrected chi connectivity index (χ2v) is 3.90. The van der Waals surface area contributed by atoms with Gasteiger partial charge in [0, 0.05) is 0 Å². The molecule has 71 valence electrons. The van der Waals surface area contributed by atoms with Gasteiger partial charge < -0.3 is 5.32 Å². The minimum atomic E-state index is 1.02. The highest BCUT2D eigenvalue weighted by molar-refractivity contribution is 4.67. The third kappa shape index (κ3) is 4.10. The van der Waals surface area contributed by atoms with Crippen LogP contribution in [-0.4, -0.2) is 13.1 Å². The van der Waals surface area contributed by atoms with Crippen LogP contribution in [0, 0.1) is 12.8 Å². The lowest BCUT2D eigenvalue weighted by atomic mass is 10.0. The Morgan fingerprint density at radius 2 is 1.92 bits per heavy atom. The van der Waals surface area contributed by atoms with Crippen molar-refractivity contribution in [3.8, 4) is 0 Å². The van der Waals surface area contributed by atoms with Gasteiger partial charge in [-0.15, -0.1) is 0 Å². The molecule has 0 aliphatic heterocycles. The van der Waals surface area contributed by atoms with Crippen LogP contribution in [0.3, 0.4) is 0 Å². The standard InChI is InChI=1S/C11H22N/c1-2-9-12-10-5-8-11-6-3-4-7-11/h11-12H,1-10H2. The first-order valence-corrected chi connectivity index (χ1v) is 5.43. The lowest BCUT2D eigenvalue weighted by Gasteiger charge is -2.08. The molecule has 0 saturated heterocycles. The summed E-state index contributed by atoms with van der Waals surface area (Å²) in [5.41, 5.74) is 0. The minimum absolute atomic E-state index is 1.02. The van der Waals surface area contributed by atoms with Gasteiger partial charge in [0.2, 0.25) is 0 Å². The Kier molecular flexibility index (Phi) is 5.42. The SMILES string of the molecule is [CH2]CCNCCCC1CCCC1. The van der Waals surface area contributed by atoms with Crippen molar-refractivity contribution in [1.82, 2.24) is 5.32 Å². The van der Waals surface area contributed by atoms with Crippen LogP contribution < -0.4 is 5.32 Å². The molecule has 12 heavy (non-hydrogen) atoms. The molecular weight excluding hydrogens is 146 g/mol. The first-order chi connectivity index (χ1) is 5.93. The van der Waals surface area contributed by atoms with Gasteiger partial charge in [-0.3, -0.25) is 0 Å². The number of nitrogens with one attached hydrogen (secondary N) is 1. The summed E-state index contributed by atoms with van der Waals surface area (Å²) in [5.74, 6) is 1.06. The highest BCUT2D eigenvalue weighted by Gasteiger charge is 2.13. The van der Waals surface area contributed by atoms with Crippen molar-refractivity contribution in [2.45, 2.75) is 44.9 Å². The van der Waals surface area contributed by atoms with Crippen molar-refractivity contribution in [3.63, 3.8) is 0 Å². The van der Waals surface area contributed by atoms with Gasteiger partial charge in [-0.1, -0.05) is 32.6 Å². The molecule has 1 radical (unpaired) electrons. The summed E-state index contributed by atoms with van der Waals surface area (Å²) in [4.78, 5) is 0. The predicted molar refractivity (Wildman–Crippen MR) is 54.0 cm³/mol. The van der Waals surface area contributed by atoms with Gasteiger partial charge in [0.15, 0.2) is 0 Å². The van der Waals surface area contributed by atoms with Gasteiger partial charge in [0.25, 0.3) is 0 Å². The van der Waals surface area contributed by atoms with E-state index in [4.69, 9.17) is 0 Å². The van der Waals surface area contributed by atoms with Crippen molar-refractivity contribution >= 4 is 0 Å². The van der Waals surface area contributed by atoms with Crippen LogP contribution in [0.25, 0.3) is 0 Å². The largest absolute Gasteiger partial charge is 0.317 e. The average molecular weight is 168 g/mol. The fraction of sp³-hybridized carbons (Fsp3) is 0.909. The van der Waals surface area contributed by atoms with Crippen molar-refractivity contribution in [2.75, 3.05) is 13.1 Å². The second kappa shape index (κ2) is 6.47. The topological polar surface area (TPSA) is 12.0 Å². The quantitative estimate of drug-likeness (QED) is 0.601. The summed E-state index contributed by atoms with van der Waals surface area (Å²) in [5, 5.41) is 3.40. The molecule has 1 fully saturated rings. The summed E-state index contributed by atoms with van der Waals surface area (Å²) in [6, 6.07) is 0. The van der Waals surface area contributed by atoms with Crippen LogP contribution in [-0.2, 0) is 0 Å². The predicted octanol–water partition coefficient (Wildman–Crippen LogP) is 2.77. The van der Waals surface area contributed by atoms with E-state index in [1.807, 2.05) is 0 Å². The summed E-state index contributed by atoms with van der Waals surface area (Å²) in [6.45, 7) is 6.09. The van der Waals surface area contributed by atoms with E-state index < -0.39 is 0 Å². The molecule has 1 rings (SSSR count). The lowest BCUT2D eigenvalue weighted by Crippen LogP contribution is -2.16. The van der Waals surface area contributed by atoms with Gasteiger partial charge in [-0.05, 0) is 38.3 Å². The molecule has 1 heteroatoms. The smallest absolute Gasteiger partial charge is 0.00488 e. The summed E-state index contributed by atoms with van der Waals surface area (Å²) < 4.78 is 0. The van der Waals surface area contributed by atoms with Gasteiger partial charge in [0.1, 0.15) is 0 Å². The van der Waals surface area contributed by atoms with Gasteiger partial charge in [0.05, 0.1) is 0 Å². The van der Waals surface area contributed by atoms with E-state index in [2.05, 4.69) is 12.2 Å². The van der Waals surface area contributed by atoms with Crippen molar-refractivity contribution in [3.05, 3.63) is 6.92 Å². The normalized spacial score (nSPS) is 18.8. The maximum absolute atomic E-state index is 3.80. The van der Waals surface area contributed by atoms with E-state index >= 15 is 0 Å². The second-order valence-electron chi connectivity index (χ2n) is 3.90. The molecule has 0 amide bonds. The molecule has 0 aromatic carbocycles. The van der Waals surface area contributed by atoms with Crippen molar-refractivity contribution in [1.29, 1.82) is 0 Å². The molecular formula is C11H22N.